The molecule has 1 saturated heterocycles. The minimum absolute atomic E-state index is 0.000592. The van der Waals surface area contributed by atoms with E-state index in [1.807, 2.05) is 12.1 Å². The lowest BCUT2D eigenvalue weighted by Gasteiger charge is -2.23. The van der Waals surface area contributed by atoms with Crippen molar-refractivity contribution in [1.82, 2.24) is 5.43 Å². The first-order chi connectivity index (χ1) is 16.4. The summed E-state index contributed by atoms with van der Waals surface area (Å²) in [4.78, 5) is 25.7. The van der Waals surface area contributed by atoms with Gasteiger partial charge in [0, 0.05) is 24.3 Å². The fraction of sp³-hybridized carbons (Fsp3) is 0.231. The van der Waals surface area contributed by atoms with Gasteiger partial charge in [-0.3, -0.25) is 9.59 Å². The van der Waals surface area contributed by atoms with Crippen molar-refractivity contribution in [1.29, 1.82) is 0 Å². The molecule has 1 aliphatic heterocycles. The number of aromatic hydroxyl groups is 1. The number of anilines is 3. The van der Waals surface area contributed by atoms with Crippen LogP contribution in [0.25, 0.3) is 0 Å². The van der Waals surface area contributed by atoms with Gasteiger partial charge in [-0.25, -0.2) is 9.82 Å². The first kappa shape index (κ1) is 23.3. The Balaban J connectivity index is 1.48. The van der Waals surface area contributed by atoms with E-state index in [0.29, 0.717) is 17.2 Å². The molecule has 1 aliphatic rings. The van der Waals surface area contributed by atoms with Gasteiger partial charge in [-0.05, 0) is 79.4 Å². The van der Waals surface area contributed by atoms with Crippen LogP contribution in [0.4, 0.5) is 21.5 Å². The summed E-state index contributed by atoms with van der Waals surface area (Å²) < 4.78 is 13.1. The van der Waals surface area contributed by atoms with Gasteiger partial charge in [0.25, 0.3) is 11.8 Å². The van der Waals surface area contributed by atoms with E-state index >= 15 is 0 Å². The van der Waals surface area contributed by atoms with Crippen molar-refractivity contribution in [3.05, 3.63) is 83.7 Å². The molecular formula is C26H27FN4O3. The normalized spacial score (nSPS) is 15.9. The quantitative estimate of drug-likeness (QED) is 0.410. The van der Waals surface area contributed by atoms with Crippen molar-refractivity contribution in [2.45, 2.75) is 19.8 Å². The number of nitrogens with zero attached hydrogens (tertiary/aromatic N) is 1. The van der Waals surface area contributed by atoms with Crippen LogP contribution in [-0.4, -0.2) is 30.0 Å². The molecule has 8 heteroatoms. The number of benzene rings is 3. The predicted octanol–water partition coefficient (Wildman–Crippen LogP) is 4.78. The van der Waals surface area contributed by atoms with Crippen molar-refractivity contribution >= 4 is 28.9 Å². The fourth-order valence-electron chi connectivity index (χ4n) is 3.84. The molecule has 0 bridgehead atoms. The Kier molecular flexibility index (Phi) is 7.08. The van der Waals surface area contributed by atoms with Crippen LogP contribution in [0, 0.1) is 11.7 Å². The number of rotatable bonds is 5. The second-order valence-corrected chi connectivity index (χ2v) is 8.42. The summed E-state index contributed by atoms with van der Waals surface area (Å²) in [5.41, 5.74) is 5.24. The van der Waals surface area contributed by atoms with Gasteiger partial charge >= 0.3 is 0 Å². The predicted molar refractivity (Wildman–Crippen MR) is 131 cm³/mol. The Morgan fingerprint density at radius 1 is 1.00 bits per heavy atom. The minimum atomic E-state index is -0.547. The maximum absolute atomic E-state index is 13.1. The van der Waals surface area contributed by atoms with E-state index < -0.39 is 17.6 Å². The number of amides is 2. The number of nitrogens with one attached hydrogen (secondary N) is 3. The molecule has 4 rings (SSSR count). The van der Waals surface area contributed by atoms with E-state index in [0.717, 1.165) is 25.2 Å². The Labute approximate surface area is 197 Å². The SMILES string of the molecule is CC1CCCN(c2ccc(C(=O)Nc3c(O)cccc3C(=O)Nc3ccc(F)cc3)cc2)NC1. The zero-order valence-electron chi connectivity index (χ0n) is 18.8. The van der Waals surface area contributed by atoms with Crippen LogP contribution < -0.4 is 21.1 Å². The Morgan fingerprint density at radius 2 is 1.74 bits per heavy atom. The zero-order valence-corrected chi connectivity index (χ0v) is 18.8. The van der Waals surface area contributed by atoms with Gasteiger partial charge < -0.3 is 20.7 Å². The highest BCUT2D eigenvalue weighted by molar-refractivity contribution is 6.13. The Morgan fingerprint density at radius 3 is 2.47 bits per heavy atom. The van der Waals surface area contributed by atoms with E-state index in [1.54, 1.807) is 12.1 Å². The maximum Gasteiger partial charge on any atom is 0.257 e. The molecule has 176 valence electrons. The summed E-state index contributed by atoms with van der Waals surface area (Å²) in [7, 11) is 0. The van der Waals surface area contributed by atoms with Crippen molar-refractivity contribution in [3.63, 3.8) is 0 Å². The van der Waals surface area contributed by atoms with Crippen LogP contribution >= 0.6 is 0 Å². The molecule has 4 N–H and O–H groups in total. The zero-order chi connectivity index (χ0) is 24.1. The molecule has 1 heterocycles. The summed E-state index contributed by atoms with van der Waals surface area (Å²) in [6.45, 7) is 4.01. The average molecular weight is 463 g/mol. The topological polar surface area (TPSA) is 93.7 Å². The van der Waals surface area contributed by atoms with Crippen molar-refractivity contribution < 1.29 is 19.1 Å². The molecule has 1 fully saturated rings. The average Bonchev–Trinajstić information content (AvgIpc) is 3.06. The lowest BCUT2D eigenvalue weighted by molar-refractivity contribution is 0.102. The minimum Gasteiger partial charge on any atom is -0.506 e. The third kappa shape index (κ3) is 5.52. The van der Waals surface area contributed by atoms with E-state index in [4.69, 9.17) is 0 Å². The highest BCUT2D eigenvalue weighted by Gasteiger charge is 2.19. The van der Waals surface area contributed by atoms with Crippen molar-refractivity contribution in [3.8, 4) is 5.75 Å². The van der Waals surface area contributed by atoms with Crippen molar-refractivity contribution in [2.24, 2.45) is 5.92 Å². The number of halogens is 1. The summed E-state index contributed by atoms with van der Waals surface area (Å²) >= 11 is 0. The van der Waals surface area contributed by atoms with E-state index in [9.17, 15) is 19.1 Å². The van der Waals surface area contributed by atoms with Crippen LogP contribution in [0.5, 0.6) is 5.75 Å². The molecule has 2 amide bonds. The summed E-state index contributed by atoms with van der Waals surface area (Å²) in [5, 5.41) is 17.7. The molecule has 0 spiro atoms. The van der Waals surface area contributed by atoms with Crippen molar-refractivity contribution in [2.75, 3.05) is 28.7 Å². The Bertz CT molecular complexity index is 1170. The molecule has 0 aromatic heterocycles. The van der Waals surface area contributed by atoms with Crippen LogP contribution in [0.3, 0.4) is 0 Å². The lowest BCUT2D eigenvalue weighted by atomic mass is 10.1. The summed E-state index contributed by atoms with van der Waals surface area (Å²) in [5.74, 6) is -1.05. The van der Waals surface area contributed by atoms with Gasteiger partial charge in [0.1, 0.15) is 11.6 Å². The number of hydrazine groups is 1. The number of hydrogen-bond donors (Lipinski definition) is 4. The summed E-state index contributed by atoms with van der Waals surface area (Å²) in [6.07, 6.45) is 2.26. The monoisotopic (exact) mass is 462 g/mol. The lowest BCUT2D eigenvalue weighted by Crippen LogP contribution is -2.38. The number of carbonyl (C=O) groups excluding carboxylic acids is 2. The van der Waals surface area contributed by atoms with Crippen LogP contribution in [0.15, 0.2) is 66.7 Å². The molecule has 0 saturated carbocycles. The standard InChI is InChI=1S/C26H27FN4O3/c1-17-4-3-15-31(28-16-17)21-13-7-18(8-14-21)25(33)30-24-22(5-2-6-23(24)32)26(34)29-20-11-9-19(27)10-12-20/h2,5-14,17,28,32H,3-4,15-16H2,1H3,(H,29,34)(H,30,33). The molecule has 1 atom stereocenters. The van der Waals surface area contributed by atoms with E-state index in [-0.39, 0.29) is 17.0 Å². The number of hydrogen-bond acceptors (Lipinski definition) is 5. The highest BCUT2D eigenvalue weighted by Crippen LogP contribution is 2.29. The van der Waals surface area contributed by atoms with Gasteiger partial charge in [-0.15, -0.1) is 0 Å². The van der Waals surface area contributed by atoms with Crippen LogP contribution in [-0.2, 0) is 0 Å². The van der Waals surface area contributed by atoms with Gasteiger partial charge in [-0.2, -0.15) is 0 Å². The molecule has 1 unspecified atom stereocenters. The third-order valence-corrected chi connectivity index (χ3v) is 5.78. The molecule has 7 nitrogen and oxygen atoms in total. The molecule has 3 aromatic rings. The second-order valence-electron chi connectivity index (χ2n) is 8.42. The second kappa shape index (κ2) is 10.4. The molecule has 0 radical (unpaired) electrons. The molecule has 34 heavy (non-hydrogen) atoms. The fourth-order valence-corrected chi connectivity index (χ4v) is 3.84. The first-order valence-electron chi connectivity index (χ1n) is 11.2. The third-order valence-electron chi connectivity index (χ3n) is 5.78. The number of phenolic OH excluding ortho intramolecular Hbond substituents is 1. The maximum atomic E-state index is 13.1. The van der Waals surface area contributed by atoms with E-state index in [1.165, 1.54) is 48.9 Å². The number of carbonyl (C=O) groups is 2. The van der Waals surface area contributed by atoms with Crippen LogP contribution in [0.1, 0.15) is 40.5 Å². The van der Waals surface area contributed by atoms with Gasteiger partial charge in [0.2, 0.25) is 0 Å². The van der Waals surface area contributed by atoms with Gasteiger partial charge in [-0.1, -0.05) is 13.0 Å². The largest absolute Gasteiger partial charge is 0.506 e. The van der Waals surface area contributed by atoms with Gasteiger partial charge in [0.05, 0.1) is 16.9 Å². The smallest absolute Gasteiger partial charge is 0.257 e. The molecule has 0 aliphatic carbocycles. The van der Waals surface area contributed by atoms with Gasteiger partial charge in [0.15, 0.2) is 0 Å². The summed E-state index contributed by atoms with van der Waals surface area (Å²) in [6, 6.07) is 16.8. The first-order valence-corrected chi connectivity index (χ1v) is 11.2. The number of para-hydroxylation sites is 1. The molecule has 3 aromatic carbocycles. The molecular weight excluding hydrogens is 435 g/mol. The van der Waals surface area contributed by atoms with E-state index in [2.05, 4.69) is 28.0 Å². The van der Waals surface area contributed by atoms with Crippen LogP contribution in [0.2, 0.25) is 0 Å². The highest BCUT2D eigenvalue weighted by atomic mass is 19.1. The Hall–Kier alpha value is -3.91. The number of phenols is 1.